The second-order valence-electron chi connectivity index (χ2n) is 6.40. The summed E-state index contributed by atoms with van der Waals surface area (Å²) in [6.07, 6.45) is 2.43. The first kappa shape index (κ1) is 17.1. The summed E-state index contributed by atoms with van der Waals surface area (Å²) in [5.41, 5.74) is 7.97. The van der Waals surface area contributed by atoms with Gasteiger partial charge in [0.25, 0.3) is 0 Å². The summed E-state index contributed by atoms with van der Waals surface area (Å²) in [5.74, 6) is 0.128. The molecule has 0 spiro atoms. The van der Waals surface area contributed by atoms with Crippen LogP contribution in [0.2, 0.25) is 0 Å². The van der Waals surface area contributed by atoms with Crippen LogP contribution in [0.1, 0.15) is 25.0 Å². The zero-order chi connectivity index (χ0) is 17.1. The van der Waals surface area contributed by atoms with E-state index < -0.39 is 0 Å². The number of H-pyrrole nitrogens is 1. The number of carbonyl (C=O) groups is 1. The van der Waals surface area contributed by atoms with E-state index in [9.17, 15) is 4.79 Å². The van der Waals surface area contributed by atoms with Crippen LogP contribution in [0.5, 0.6) is 0 Å². The van der Waals surface area contributed by atoms with E-state index in [0.717, 1.165) is 29.1 Å². The van der Waals surface area contributed by atoms with Crippen LogP contribution >= 0.6 is 11.3 Å². The number of nitrogens with one attached hydrogen (secondary N) is 1. The van der Waals surface area contributed by atoms with Gasteiger partial charge in [0.15, 0.2) is 0 Å². The number of methoxy groups -OCH3 is 1. The predicted octanol–water partition coefficient (Wildman–Crippen LogP) is 2.24. The third-order valence-electron chi connectivity index (χ3n) is 4.67. The molecular weight excluding hydrogens is 324 g/mol. The molecule has 7 heteroatoms. The van der Waals surface area contributed by atoms with E-state index in [2.05, 4.69) is 10.2 Å². The minimum absolute atomic E-state index is 0.0175. The summed E-state index contributed by atoms with van der Waals surface area (Å²) in [7, 11) is 3.52. The number of nitrogens with zero attached hydrogens (tertiary/aromatic N) is 2. The Hall–Kier alpha value is -1.70. The van der Waals surface area contributed by atoms with Gasteiger partial charge in [-0.1, -0.05) is 6.07 Å². The molecule has 3 rings (SSSR count). The van der Waals surface area contributed by atoms with Crippen molar-refractivity contribution in [1.82, 2.24) is 15.1 Å². The molecule has 2 heterocycles. The number of nitrogens with two attached hydrogens (primary N) is 1. The lowest BCUT2D eigenvalue weighted by atomic mass is 9.83. The highest BCUT2D eigenvalue weighted by Gasteiger charge is 2.33. The first-order valence-electron chi connectivity index (χ1n) is 8.20. The van der Waals surface area contributed by atoms with Crippen LogP contribution in [0.3, 0.4) is 0 Å². The highest BCUT2D eigenvalue weighted by molar-refractivity contribution is 7.13. The molecule has 1 aliphatic rings. The van der Waals surface area contributed by atoms with E-state index >= 15 is 0 Å². The molecular formula is C17H24N4O2S. The zero-order valence-electron chi connectivity index (χ0n) is 14.1. The van der Waals surface area contributed by atoms with Gasteiger partial charge >= 0.3 is 0 Å². The third-order valence-corrected chi connectivity index (χ3v) is 5.57. The van der Waals surface area contributed by atoms with Crippen molar-refractivity contribution in [1.29, 1.82) is 0 Å². The van der Waals surface area contributed by atoms with E-state index in [0.29, 0.717) is 13.0 Å². The van der Waals surface area contributed by atoms with Gasteiger partial charge in [-0.05, 0) is 36.8 Å². The molecule has 0 bridgehead atoms. The van der Waals surface area contributed by atoms with Crippen molar-refractivity contribution >= 4 is 17.2 Å². The van der Waals surface area contributed by atoms with Crippen molar-refractivity contribution in [2.45, 2.75) is 38.0 Å². The second-order valence-corrected chi connectivity index (χ2v) is 7.35. The lowest BCUT2D eigenvalue weighted by Gasteiger charge is -2.34. The minimum Gasteiger partial charge on any atom is -0.380 e. The Morgan fingerprint density at radius 3 is 3.04 bits per heavy atom. The molecule has 130 valence electrons. The highest BCUT2D eigenvalue weighted by atomic mass is 32.1. The van der Waals surface area contributed by atoms with Crippen LogP contribution in [0.15, 0.2) is 23.6 Å². The Kier molecular flexibility index (Phi) is 5.33. The summed E-state index contributed by atoms with van der Waals surface area (Å²) >= 11 is 1.65. The number of hydrogen-bond acceptors (Lipinski definition) is 5. The predicted molar refractivity (Wildman–Crippen MR) is 94.5 cm³/mol. The number of ether oxygens (including phenoxy) is 1. The number of amides is 1. The van der Waals surface area contributed by atoms with Crippen LogP contribution in [-0.4, -0.2) is 47.3 Å². The fourth-order valence-corrected chi connectivity index (χ4v) is 4.02. The number of aromatic nitrogens is 2. The van der Waals surface area contributed by atoms with Crippen molar-refractivity contribution < 1.29 is 9.53 Å². The number of aromatic amines is 1. The molecule has 1 amide bonds. The molecule has 3 N–H and O–H groups in total. The molecule has 1 fully saturated rings. The van der Waals surface area contributed by atoms with Gasteiger partial charge in [0.1, 0.15) is 5.69 Å². The van der Waals surface area contributed by atoms with Gasteiger partial charge < -0.3 is 15.4 Å². The number of carbonyl (C=O) groups excluding carboxylic acids is 1. The van der Waals surface area contributed by atoms with Gasteiger partial charge in [-0.3, -0.25) is 9.89 Å². The first-order valence-corrected chi connectivity index (χ1v) is 9.08. The van der Waals surface area contributed by atoms with Crippen molar-refractivity contribution in [3.8, 4) is 10.6 Å². The highest BCUT2D eigenvalue weighted by Crippen LogP contribution is 2.27. The van der Waals surface area contributed by atoms with Crippen LogP contribution in [-0.2, 0) is 16.1 Å². The molecule has 0 aromatic carbocycles. The Balaban J connectivity index is 1.59. The Bertz CT molecular complexity index is 670. The summed E-state index contributed by atoms with van der Waals surface area (Å²) < 4.78 is 5.36. The smallest absolute Gasteiger partial charge is 0.225 e. The van der Waals surface area contributed by atoms with Gasteiger partial charge in [-0.2, -0.15) is 5.10 Å². The van der Waals surface area contributed by atoms with Gasteiger partial charge in [-0.25, -0.2) is 0 Å². The number of thiophene rings is 1. The standard InChI is InChI=1S/C17H24N4O2S/c1-21(17(22)11-5-6-15(23-2)13(18)8-11)10-12-9-14(20-19-12)16-4-3-7-24-16/h3-4,7,9,11,13,15H,5-6,8,10,18H2,1-2H3,(H,19,20)/t11-,13+,15+/m0/s1. The average Bonchev–Trinajstić information content (AvgIpc) is 3.25. The monoisotopic (exact) mass is 348 g/mol. The van der Waals surface area contributed by atoms with Crippen molar-refractivity contribution in [3.63, 3.8) is 0 Å². The molecule has 0 unspecified atom stereocenters. The van der Waals surface area contributed by atoms with Crippen LogP contribution in [0.4, 0.5) is 0 Å². The summed E-state index contributed by atoms with van der Waals surface area (Å²) in [6.45, 7) is 0.524. The molecule has 24 heavy (non-hydrogen) atoms. The first-order chi connectivity index (χ1) is 11.6. The Morgan fingerprint density at radius 2 is 2.38 bits per heavy atom. The van der Waals surface area contributed by atoms with Gasteiger partial charge in [0.2, 0.25) is 5.91 Å². The molecule has 6 nitrogen and oxygen atoms in total. The second kappa shape index (κ2) is 7.46. The molecule has 0 radical (unpaired) electrons. The third kappa shape index (κ3) is 3.68. The largest absolute Gasteiger partial charge is 0.380 e. The molecule has 3 atom stereocenters. The average molecular weight is 348 g/mol. The fraction of sp³-hybridized carbons (Fsp3) is 0.529. The normalized spacial score (nSPS) is 24.0. The van der Waals surface area contributed by atoms with Crippen molar-refractivity contribution in [3.05, 3.63) is 29.3 Å². The van der Waals surface area contributed by atoms with Gasteiger partial charge in [-0.15, -0.1) is 11.3 Å². The summed E-state index contributed by atoms with van der Waals surface area (Å²) in [6, 6.07) is 5.98. The fourth-order valence-electron chi connectivity index (χ4n) is 3.33. The quantitative estimate of drug-likeness (QED) is 0.868. The lowest BCUT2D eigenvalue weighted by molar-refractivity contribution is -0.137. The van der Waals surface area contributed by atoms with E-state index in [1.165, 1.54) is 0 Å². The maximum atomic E-state index is 12.7. The van der Waals surface area contributed by atoms with E-state index in [1.807, 2.05) is 30.6 Å². The van der Waals surface area contributed by atoms with Crippen molar-refractivity contribution in [2.75, 3.05) is 14.2 Å². The topological polar surface area (TPSA) is 84.2 Å². The number of rotatable bonds is 5. The van der Waals surface area contributed by atoms with Crippen LogP contribution < -0.4 is 5.73 Å². The van der Waals surface area contributed by atoms with Gasteiger partial charge in [0.05, 0.1) is 23.2 Å². The molecule has 0 aliphatic heterocycles. The van der Waals surface area contributed by atoms with E-state index in [1.54, 1.807) is 23.3 Å². The van der Waals surface area contributed by atoms with Gasteiger partial charge in [0, 0.05) is 26.1 Å². The number of hydrogen-bond donors (Lipinski definition) is 2. The molecule has 1 aliphatic carbocycles. The van der Waals surface area contributed by atoms with E-state index in [4.69, 9.17) is 10.5 Å². The maximum absolute atomic E-state index is 12.7. The molecule has 2 aromatic rings. The SMILES string of the molecule is CO[C@@H]1CC[C@H](C(=O)N(C)Cc2cc(-c3cccs3)n[nH]2)C[C@H]1N. The maximum Gasteiger partial charge on any atom is 0.225 e. The van der Waals surface area contributed by atoms with Crippen molar-refractivity contribution in [2.24, 2.45) is 11.7 Å². The van der Waals surface area contributed by atoms with Crippen LogP contribution in [0.25, 0.3) is 10.6 Å². The molecule has 2 aromatic heterocycles. The van der Waals surface area contributed by atoms with Crippen LogP contribution in [0, 0.1) is 5.92 Å². The molecule has 1 saturated carbocycles. The summed E-state index contributed by atoms with van der Waals surface area (Å²) in [4.78, 5) is 15.6. The zero-order valence-corrected chi connectivity index (χ0v) is 14.9. The summed E-state index contributed by atoms with van der Waals surface area (Å²) in [5, 5.41) is 9.38. The minimum atomic E-state index is -0.0660. The Morgan fingerprint density at radius 1 is 1.54 bits per heavy atom. The Labute approximate surface area is 146 Å². The lowest BCUT2D eigenvalue weighted by Crippen LogP contribution is -2.45. The molecule has 0 saturated heterocycles. The van der Waals surface area contributed by atoms with E-state index in [-0.39, 0.29) is 24.0 Å².